The first kappa shape index (κ1) is 27.1. The highest BCUT2D eigenvalue weighted by atomic mass is 32.3. The largest absolute Gasteiger partial charge is 0.400 e. The summed E-state index contributed by atoms with van der Waals surface area (Å²) in [6.45, 7) is 9.89. The molecule has 0 spiro atoms. The third-order valence-electron chi connectivity index (χ3n) is 13.4. The zero-order chi connectivity index (χ0) is 26.0. The van der Waals surface area contributed by atoms with Crippen LogP contribution in [0, 0.1) is 58.2 Å². The molecule has 0 aliphatic heterocycles. The lowest BCUT2D eigenvalue weighted by Gasteiger charge is -2.57. The van der Waals surface area contributed by atoms with Crippen molar-refractivity contribution < 1.29 is 16.8 Å². The van der Waals surface area contributed by atoms with E-state index >= 15 is 0 Å². The Morgan fingerprint density at radius 2 is 1.00 bits per heavy atom. The summed E-state index contributed by atoms with van der Waals surface area (Å²) in [5.41, 5.74) is 0.744. The van der Waals surface area contributed by atoms with Crippen molar-refractivity contribution in [1.29, 1.82) is 0 Å². The Morgan fingerprint density at radius 1 is 0.568 bits per heavy atom. The van der Waals surface area contributed by atoms with E-state index in [4.69, 9.17) is 8.37 Å². The lowest BCUT2D eigenvalue weighted by atomic mass is 9.49. The van der Waals surface area contributed by atoms with Crippen molar-refractivity contribution in [3.05, 3.63) is 0 Å². The van der Waals surface area contributed by atoms with Crippen molar-refractivity contribution in [3.8, 4) is 0 Å². The first-order valence-corrected chi connectivity index (χ1v) is 17.5. The standard InChI is InChI=1S/C32H54O4S/c1-21-5-11-29-23(17-21)7-9-25-19-27(13-15-31(25,29)3)35-37(33,34)36-28-14-16-32(4)26(20-28)10-8-24-18-22(2)6-12-30(24)32/h21-30H,5-20H2,1-4H3/t21-,22-,23+,24+,25-,26-,27-,28-,29+,30+,31+,32+/m1/s1. The van der Waals surface area contributed by atoms with E-state index in [2.05, 4.69) is 27.7 Å². The van der Waals surface area contributed by atoms with Gasteiger partial charge in [-0.25, -0.2) is 8.37 Å². The van der Waals surface area contributed by atoms with Crippen LogP contribution < -0.4 is 0 Å². The maximum absolute atomic E-state index is 13.1. The Bertz CT molecular complexity index is 865. The molecule has 0 aromatic carbocycles. The Balaban J connectivity index is 1.04. The average molecular weight is 535 g/mol. The van der Waals surface area contributed by atoms with E-state index in [1.54, 1.807) is 0 Å². The average Bonchev–Trinajstić information content (AvgIpc) is 2.84. The summed E-state index contributed by atoms with van der Waals surface area (Å²) >= 11 is 0. The second-order valence-electron chi connectivity index (χ2n) is 15.5. The molecule has 37 heavy (non-hydrogen) atoms. The maximum atomic E-state index is 13.1. The number of rotatable bonds is 4. The predicted molar refractivity (Wildman–Crippen MR) is 148 cm³/mol. The Kier molecular flexibility index (Phi) is 7.35. The third kappa shape index (κ3) is 5.09. The van der Waals surface area contributed by atoms with Crippen LogP contribution in [0.4, 0.5) is 0 Å². The summed E-state index contributed by atoms with van der Waals surface area (Å²) in [5.74, 6) is 6.38. The van der Waals surface area contributed by atoms with Crippen molar-refractivity contribution in [2.45, 2.75) is 143 Å². The fourth-order valence-corrected chi connectivity index (χ4v) is 12.4. The summed E-state index contributed by atoms with van der Waals surface area (Å²) in [5, 5.41) is 0. The normalized spacial score (nSPS) is 52.3. The molecular formula is C32H54O4S. The molecule has 0 saturated heterocycles. The van der Waals surface area contributed by atoms with Gasteiger partial charge in [0.25, 0.3) is 0 Å². The minimum atomic E-state index is -3.96. The highest BCUT2D eigenvalue weighted by Crippen LogP contribution is 2.61. The zero-order valence-electron chi connectivity index (χ0n) is 24.1. The summed E-state index contributed by atoms with van der Waals surface area (Å²) in [4.78, 5) is 0. The molecule has 6 saturated carbocycles. The van der Waals surface area contributed by atoms with Crippen LogP contribution in [0.5, 0.6) is 0 Å². The molecular weight excluding hydrogens is 480 g/mol. The van der Waals surface area contributed by atoms with Gasteiger partial charge >= 0.3 is 10.4 Å². The van der Waals surface area contributed by atoms with Crippen LogP contribution in [0.3, 0.4) is 0 Å². The van der Waals surface area contributed by atoms with Crippen LogP contribution in [0.15, 0.2) is 0 Å². The van der Waals surface area contributed by atoms with Gasteiger partial charge in [-0.05, 0) is 148 Å². The molecule has 0 unspecified atom stereocenters. The second-order valence-corrected chi connectivity index (χ2v) is 16.7. The minimum absolute atomic E-state index is 0.198. The van der Waals surface area contributed by atoms with Crippen molar-refractivity contribution in [2.24, 2.45) is 58.2 Å². The van der Waals surface area contributed by atoms with Crippen LogP contribution in [-0.2, 0) is 18.8 Å². The van der Waals surface area contributed by atoms with Crippen LogP contribution in [0.25, 0.3) is 0 Å². The number of hydrogen-bond acceptors (Lipinski definition) is 4. The molecule has 12 atom stereocenters. The van der Waals surface area contributed by atoms with Crippen molar-refractivity contribution in [1.82, 2.24) is 0 Å². The summed E-state index contributed by atoms with van der Waals surface area (Å²) < 4.78 is 37.9. The van der Waals surface area contributed by atoms with Crippen molar-refractivity contribution >= 4 is 10.4 Å². The summed E-state index contributed by atoms with van der Waals surface area (Å²) in [7, 11) is -3.96. The van der Waals surface area contributed by atoms with Gasteiger partial charge in [-0.1, -0.05) is 40.5 Å². The van der Waals surface area contributed by atoms with Crippen molar-refractivity contribution in [3.63, 3.8) is 0 Å². The molecule has 6 aliphatic rings. The second kappa shape index (κ2) is 10.1. The monoisotopic (exact) mass is 534 g/mol. The molecule has 212 valence electrons. The fraction of sp³-hybridized carbons (Fsp3) is 1.00. The lowest BCUT2D eigenvalue weighted by Crippen LogP contribution is -2.50. The molecule has 0 aromatic rings. The van der Waals surface area contributed by atoms with Crippen LogP contribution in [0.1, 0.15) is 130 Å². The van der Waals surface area contributed by atoms with Gasteiger partial charge in [0.15, 0.2) is 0 Å². The van der Waals surface area contributed by atoms with Crippen molar-refractivity contribution in [2.75, 3.05) is 0 Å². The molecule has 0 radical (unpaired) electrons. The van der Waals surface area contributed by atoms with E-state index in [-0.39, 0.29) is 12.2 Å². The smallest absolute Gasteiger partial charge is 0.245 e. The molecule has 4 nitrogen and oxygen atoms in total. The fourth-order valence-electron chi connectivity index (χ4n) is 11.4. The quantitative estimate of drug-likeness (QED) is 0.364. The third-order valence-corrected chi connectivity index (χ3v) is 14.4. The van der Waals surface area contributed by atoms with Crippen LogP contribution in [0.2, 0.25) is 0 Å². The van der Waals surface area contributed by atoms with Crippen LogP contribution in [-0.4, -0.2) is 20.6 Å². The molecule has 6 fully saturated rings. The highest BCUT2D eigenvalue weighted by Gasteiger charge is 2.54. The Hall–Kier alpha value is -0.130. The van der Waals surface area contributed by atoms with Gasteiger partial charge < -0.3 is 0 Å². The first-order chi connectivity index (χ1) is 17.6. The van der Waals surface area contributed by atoms with E-state index in [1.165, 1.54) is 64.2 Å². The molecule has 0 aromatic heterocycles. The molecule has 6 aliphatic carbocycles. The van der Waals surface area contributed by atoms with Gasteiger partial charge in [0.1, 0.15) is 0 Å². The van der Waals surface area contributed by atoms with E-state index in [0.717, 1.165) is 74.0 Å². The van der Waals surface area contributed by atoms with Gasteiger partial charge in [0.05, 0.1) is 12.2 Å². The van der Waals surface area contributed by atoms with Gasteiger partial charge in [0, 0.05) is 0 Å². The van der Waals surface area contributed by atoms with E-state index < -0.39 is 10.4 Å². The Labute approximate surface area is 227 Å². The molecule has 0 heterocycles. The zero-order valence-corrected chi connectivity index (χ0v) is 24.9. The summed E-state index contributed by atoms with van der Waals surface area (Å²) in [6, 6.07) is 0. The molecule has 0 bridgehead atoms. The van der Waals surface area contributed by atoms with E-state index in [0.29, 0.717) is 22.7 Å². The van der Waals surface area contributed by atoms with Gasteiger partial charge in [-0.2, -0.15) is 8.42 Å². The number of fused-ring (bicyclic) bond motifs is 6. The van der Waals surface area contributed by atoms with E-state index in [1.807, 2.05) is 0 Å². The minimum Gasteiger partial charge on any atom is -0.245 e. The SMILES string of the molecule is C[C@@H]1CC[C@H]2[C@@H](CC[C@@H]3C[C@H](OS(=O)(=O)O[C@@H]4CC[C@@]5(C)[C@H](CC[C@H]6C[C@H](C)CC[C@@H]65)C4)CC[C@@]32C)C1. The maximum Gasteiger partial charge on any atom is 0.400 e. The van der Waals surface area contributed by atoms with Gasteiger partial charge in [-0.3, -0.25) is 0 Å². The molecule has 0 N–H and O–H groups in total. The van der Waals surface area contributed by atoms with Gasteiger partial charge in [0.2, 0.25) is 0 Å². The number of hydrogen-bond donors (Lipinski definition) is 0. The topological polar surface area (TPSA) is 52.6 Å². The first-order valence-electron chi connectivity index (χ1n) is 16.2. The predicted octanol–water partition coefficient (Wildman–Crippen LogP) is 8.31. The van der Waals surface area contributed by atoms with E-state index in [9.17, 15) is 8.42 Å². The highest BCUT2D eigenvalue weighted by molar-refractivity contribution is 7.81. The molecule has 5 heteroatoms. The molecule has 0 amide bonds. The molecule has 6 rings (SSSR count). The van der Waals surface area contributed by atoms with Gasteiger partial charge in [-0.15, -0.1) is 0 Å². The Morgan fingerprint density at radius 3 is 1.43 bits per heavy atom. The summed E-state index contributed by atoms with van der Waals surface area (Å²) in [6.07, 6.45) is 18.8. The lowest BCUT2D eigenvalue weighted by molar-refractivity contribution is -0.0937. The van der Waals surface area contributed by atoms with Crippen LogP contribution >= 0.6 is 0 Å².